The lowest BCUT2D eigenvalue weighted by Crippen LogP contribution is -2.59. The molecule has 25 heavy (non-hydrogen) atoms. The van der Waals surface area contributed by atoms with Crippen LogP contribution >= 0.6 is 0 Å². The number of hydrogen-bond acceptors (Lipinski definition) is 7. The van der Waals surface area contributed by atoms with Crippen molar-refractivity contribution in [1.29, 1.82) is 0 Å². The van der Waals surface area contributed by atoms with E-state index >= 15 is 0 Å². The second-order valence-corrected chi connectivity index (χ2v) is 7.71. The van der Waals surface area contributed by atoms with Crippen molar-refractivity contribution in [3.63, 3.8) is 0 Å². The topological polar surface area (TPSA) is 152 Å². The Bertz CT molecular complexity index is 751. The summed E-state index contributed by atoms with van der Waals surface area (Å²) in [5.41, 5.74) is 4.18. The Balaban J connectivity index is 1.73. The monoisotopic (exact) mass is 348 g/mol. The van der Waals surface area contributed by atoms with Crippen LogP contribution in [0.25, 0.3) is 0 Å². The van der Waals surface area contributed by atoms with Crippen LogP contribution in [0.4, 0.5) is 17.2 Å². The van der Waals surface area contributed by atoms with E-state index in [9.17, 15) is 25.1 Å². The van der Waals surface area contributed by atoms with Gasteiger partial charge in [0.05, 0.1) is 10.5 Å². The molecule has 9 heteroatoms. The first-order chi connectivity index (χ1) is 11.8. The lowest BCUT2D eigenvalue weighted by atomic mass is 9.52. The number of aromatic carboxylic acids is 1. The molecule has 4 saturated carbocycles. The molecule has 0 spiro atoms. The summed E-state index contributed by atoms with van der Waals surface area (Å²) < 4.78 is 0. The number of carboxylic acids is 1. The molecule has 1 aromatic heterocycles. The van der Waals surface area contributed by atoms with Gasteiger partial charge >= 0.3 is 11.7 Å². The average molecular weight is 348 g/mol. The van der Waals surface area contributed by atoms with E-state index in [0.717, 1.165) is 25.5 Å². The number of aromatic nitrogens is 1. The Kier molecular flexibility index (Phi) is 3.40. The van der Waals surface area contributed by atoms with Crippen LogP contribution in [0.3, 0.4) is 0 Å². The van der Waals surface area contributed by atoms with Crippen LogP contribution in [-0.2, 0) is 0 Å². The number of carboxylic acid groups (broad SMARTS) is 1. The fourth-order valence-corrected chi connectivity index (χ4v) is 5.39. The van der Waals surface area contributed by atoms with E-state index in [-0.39, 0.29) is 34.9 Å². The fourth-order valence-electron chi connectivity index (χ4n) is 5.39. The van der Waals surface area contributed by atoms with Crippen molar-refractivity contribution in [2.45, 2.75) is 43.7 Å². The van der Waals surface area contributed by atoms with Gasteiger partial charge in [0, 0.05) is 12.2 Å². The number of pyridine rings is 1. The third kappa shape index (κ3) is 2.50. The van der Waals surface area contributed by atoms with Crippen molar-refractivity contribution in [3.8, 4) is 0 Å². The highest BCUT2D eigenvalue weighted by Crippen LogP contribution is 2.56. The van der Waals surface area contributed by atoms with Crippen molar-refractivity contribution >= 4 is 23.2 Å². The first kappa shape index (κ1) is 16.1. The second kappa shape index (κ2) is 5.29. The van der Waals surface area contributed by atoms with Gasteiger partial charge < -0.3 is 21.3 Å². The molecule has 0 aromatic carbocycles. The summed E-state index contributed by atoms with van der Waals surface area (Å²) in [6.45, 7) is 0. The molecule has 2 atom stereocenters. The zero-order valence-corrected chi connectivity index (χ0v) is 13.5. The van der Waals surface area contributed by atoms with Gasteiger partial charge in [-0.25, -0.2) is 9.78 Å². The third-order valence-corrected chi connectivity index (χ3v) is 6.05. The number of nitrogens with zero attached hydrogens (tertiary/aromatic N) is 2. The second-order valence-electron chi connectivity index (χ2n) is 7.71. The van der Waals surface area contributed by atoms with Crippen LogP contribution in [0, 0.1) is 27.9 Å². The van der Waals surface area contributed by atoms with Crippen molar-refractivity contribution in [2.75, 3.05) is 11.1 Å². The van der Waals surface area contributed by atoms with Gasteiger partial charge in [0.1, 0.15) is 11.3 Å². The minimum atomic E-state index is -1.29. The smallest absolute Gasteiger partial charge is 0.339 e. The Hall–Kier alpha value is -2.42. The zero-order chi connectivity index (χ0) is 17.9. The summed E-state index contributed by atoms with van der Waals surface area (Å²) in [6, 6.07) is -0.101. The summed E-state index contributed by atoms with van der Waals surface area (Å²) in [5, 5.41) is 34.6. The Labute approximate surface area is 143 Å². The molecule has 4 bridgehead atoms. The highest BCUT2D eigenvalue weighted by Gasteiger charge is 2.55. The number of anilines is 2. The van der Waals surface area contributed by atoms with Crippen molar-refractivity contribution in [2.24, 2.45) is 17.8 Å². The molecule has 9 nitrogen and oxygen atoms in total. The van der Waals surface area contributed by atoms with Crippen LogP contribution in [0.5, 0.6) is 0 Å². The fraction of sp³-hybridized carbons (Fsp3) is 0.625. The lowest BCUT2D eigenvalue weighted by molar-refractivity contribution is -0.383. The van der Waals surface area contributed by atoms with E-state index in [0.29, 0.717) is 18.8 Å². The number of hydrogen-bond donors (Lipinski definition) is 4. The SMILES string of the molecule is Nc1ncc(C(=O)O)c(NC2C3CC4CC2CC(O)(C4)C3)c1[N+](=O)[O-]. The maximum Gasteiger partial charge on any atom is 0.339 e. The van der Waals surface area contributed by atoms with Gasteiger partial charge in [-0.05, 0) is 49.9 Å². The molecule has 4 fully saturated rings. The number of rotatable bonds is 4. The molecule has 0 radical (unpaired) electrons. The van der Waals surface area contributed by atoms with Gasteiger partial charge in [-0.15, -0.1) is 0 Å². The quantitative estimate of drug-likeness (QED) is 0.473. The number of nitrogens with two attached hydrogens (primary N) is 1. The molecule has 5 N–H and O–H groups in total. The Morgan fingerprint density at radius 3 is 2.52 bits per heavy atom. The maximum absolute atomic E-state index is 11.5. The van der Waals surface area contributed by atoms with E-state index in [1.165, 1.54) is 0 Å². The van der Waals surface area contributed by atoms with Crippen LogP contribution < -0.4 is 11.1 Å². The number of carbonyl (C=O) groups is 1. The predicted molar refractivity (Wildman–Crippen MR) is 88.2 cm³/mol. The van der Waals surface area contributed by atoms with E-state index in [1.54, 1.807) is 0 Å². The average Bonchev–Trinajstić information content (AvgIpc) is 2.48. The summed E-state index contributed by atoms with van der Waals surface area (Å²) in [7, 11) is 0. The highest BCUT2D eigenvalue weighted by molar-refractivity contribution is 5.98. The number of nitrogen functional groups attached to an aromatic ring is 1. The molecular formula is C16H20N4O5. The van der Waals surface area contributed by atoms with Gasteiger partial charge in [0.2, 0.25) is 5.82 Å². The zero-order valence-electron chi connectivity index (χ0n) is 13.5. The number of nitrogens with one attached hydrogen (secondary N) is 1. The van der Waals surface area contributed by atoms with E-state index in [1.807, 2.05) is 0 Å². The van der Waals surface area contributed by atoms with Crippen LogP contribution in [-0.4, -0.2) is 37.7 Å². The molecule has 0 aliphatic heterocycles. The van der Waals surface area contributed by atoms with Gasteiger partial charge in [-0.3, -0.25) is 10.1 Å². The van der Waals surface area contributed by atoms with Crippen LogP contribution in [0.15, 0.2) is 6.20 Å². The molecule has 1 heterocycles. The largest absolute Gasteiger partial charge is 0.478 e. The first-order valence-electron chi connectivity index (χ1n) is 8.42. The van der Waals surface area contributed by atoms with Gasteiger partial charge in [0.25, 0.3) is 0 Å². The highest BCUT2D eigenvalue weighted by atomic mass is 16.6. The van der Waals surface area contributed by atoms with Gasteiger partial charge in [-0.1, -0.05) is 0 Å². The number of nitro groups is 1. The molecule has 4 aliphatic carbocycles. The summed E-state index contributed by atoms with van der Waals surface area (Å²) in [5.74, 6) is -0.767. The summed E-state index contributed by atoms with van der Waals surface area (Å²) in [6.07, 6.45) is 5.08. The molecule has 4 aliphatic rings. The van der Waals surface area contributed by atoms with Crippen molar-refractivity contribution in [3.05, 3.63) is 21.9 Å². The van der Waals surface area contributed by atoms with Crippen LogP contribution in [0.2, 0.25) is 0 Å². The van der Waals surface area contributed by atoms with Gasteiger partial charge in [-0.2, -0.15) is 0 Å². The molecule has 1 aromatic rings. The predicted octanol–water partition coefficient (Wildman–Crippen LogP) is 1.62. The summed E-state index contributed by atoms with van der Waals surface area (Å²) >= 11 is 0. The van der Waals surface area contributed by atoms with Crippen LogP contribution in [0.1, 0.15) is 42.5 Å². The Morgan fingerprint density at radius 2 is 2.00 bits per heavy atom. The van der Waals surface area contributed by atoms with E-state index < -0.39 is 22.2 Å². The molecule has 134 valence electrons. The molecular weight excluding hydrogens is 328 g/mol. The lowest BCUT2D eigenvalue weighted by Gasteiger charge is -2.58. The first-order valence-corrected chi connectivity index (χ1v) is 8.42. The Morgan fingerprint density at radius 1 is 1.36 bits per heavy atom. The van der Waals surface area contributed by atoms with Crippen molar-refractivity contribution in [1.82, 2.24) is 4.98 Å². The third-order valence-electron chi connectivity index (χ3n) is 6.05. The standard InChI is InChI=1S/C16H20N4O5/c17-14-13(20(24)25)12(10(6-18-14)15(21)22)19-11-8-1-7-2-9(11)5-16(23,3-7)4-8/h6-9,11,23H,1-5H2,(H,21,22)(H3,17,18,19). The van der Waals surface area contributed by atoms with E-state index in [4.69, 9.17) is 5.73 Å². The normalized spacial score (nSPS) is 35.6. The molecule has 0 saturated heterocycles. The molecule has 0 amide bonds. The van der Waals surface area contributed by atoms with Crippen molar-refractivity contribution < 1.29 is 19.9 Å². The van der Waals surface area contributed by atoms with E-state index in [2.05, 4.69) is 10.3 Å². The minimum absolute atomic E-state index is 0.0746. The maximum atomic E-state index is 11.5. The van der Waals surface area contributed by atoms with Gasteiger partial charge in [0.15, 0.2) is 0 Å². The molecule has 2 unspecified atom stereocenters. The number of aliphatic hydroxyl groups is 1. The summed E-state index contributed by atoms with van der Waals surface area (Å²) in [4.78, 5) is 25.9. The molecule has 5 rings (SSSR count). The minimum Gasteiger partial charge on any atom is -0.478 e.